The van der Waals surface area contributed by atoms with E-state index < -0.39 is 0 Å². The van der Waals surface area contributed by atoms with E-state index in [2.05, 4.69) is 34.5 Å². The quantitative estimate of drug-likeness (QED) is 0.746. The van der Waals surface area contributed by atoms with Crippen molar-refractivity contribution in [2.45, 2.75) is 32.4 Å². The van der Waals surface area contributed by atoms with E-state index >= 15 is 0 Å². The molecule has 0 aliphatic heterocycles. The first-order chi connectivity index (χ1) is 9.78. The minimum Gasteiger partial charge on any atom is -0.371 e. The Hall–Kier alpha value is -1.72. The Morgan fingerprint density at radius 3 is 2.85 bits per heavy atom. The minimum absolute atomic E-state index is 0.333. The van der Waals surface area contributed by atoms with Gasteiger partial charge in [-0.1, -0.05) is 35.5 Å². The van der Waals surface area contributed by atoms with Gasteiger partial charge in [-0.15, -0.1) is 0 Å². The van der Waals surface area contributed by atoms with Gasteiger partial charge in [-0.05, 0) is 26.0 Å². The lowest BCUT2D eigenvalue weighted by molar-refractivity contribution is 0.100. The highest BCUT2D eigenvalue weighted by Crippen LogP contribution is 2.04. The van der Waals surface area contributed by atoms with Crippen molar-refractivity contribution in [3.8, 4) is 0 Å². The number of hydrogen-bond acceptors (Lipinski definition) is 5. The number of ether oxygens (including phenoxy) is 1. The van der Waals surface area contributed by atoms with E-state index in [4.69, 9.17) is 9.26 Å². The van der Waals surface area contributed by atoms with Gasteiger partial charge in [-0.3, -0.25) is 0 Å². The highest BCUT2D eigenvalue weighted by Gasteiger charge is 2.09. The van der Waals surface area contributed by atoms with Crippen molar-refractivity contribution in [2.24, 2.45) is 0 Å². The van der Waals surface area contributed by atoms with Crippen LogP contribution in [0.3, 0.4) is 0 Å². The molecule has 1 unspecified atom stereocenters. The molecule has 20 heavy (non-hydrogen) atoms. The van der Waals surface area contributed by atoms with E-state index in [1.54, 1.807) is 0 Å². The Morgan fingerprint density at radius 2 is 2.10 bits per heavy atom. The maximum atomic E-state index is 5.56. The van der Waals surface area contributed by atoms with Crippen LogP contribution in [-0.2, 0) is 24.2 Å². The molecule has 1 aromatic carbocycles. The van der Waals surface area contributed by atoms with E-state index in [0.29, 0.717) is 31.0 Å². The van der Waals surface area contributed by atoms with Crippen LogP contribution in [0.4, 0.5) is 0 Å². The molecule has 1 N–H and O–H groups in total. The molecule has 0 radical (unpaired) electrons. The molecular formula is C15H21N3O2. The first-order valence-electron chi connectivity index (χ1n) is 6.88. The zero-order valence-corrected chi connectivity index (χ0v) is 12.0. The first-order valence-corrected chi connectivity index (χ1v) is 6.88. The van der Waals surface area contributed by atoms with Crippen LogP contribution in [0, 0.1) is 0 Å². The molecule has 1 aromatic heterocycles. The summed E-state index contributed by atoms with van der Waals surface area (Å²) in [5.74, 6) is 1.25. The monoisotopic (exact) mass is 275 g/mol. The van der Waals surface area contributed by atoms with Crippen LogP contribution >= 0.6 is 0 Å². The van der Waals surface area contributed by atoms with Gasteiger partial charge in [-0.2, -0.15) is 4.98 Å². The zero-order valence-electron chi connectivity index (χ0n) is 12.0. The molecule has 2 rings (SSSR count). The molecule has 1 atom stereocenters. The van der Waals surface area contributed by atoms with E-state index in [9.17, 15) is 0 Å². The molecular weight excluding hydrogens is 254 g/mol. The Bertz CT molecular complexity index is 499. The van der Waals surface area contributed by atoms with Gasteiger partial charge in [0.1, 0.15) is 6.61 Å². The molecule has 5 nitrogen and oxygen atoms in total. The summed E-state index contributed by atoms with van der Waals surface area (Å²) in [4.78, 5) is 4.30. The van der Waals surface area contributed by atoms with Crippen molar-refractivity contribution in [1.29, 1.82) is 0 Å². The Balaban J connectivity index is 1.69. The summed E-state index contributed by atoms with van der Waals surface area (Å²) in [5, 5.41) is 7.08. The lowest BCUT2D eigenvalue weighted by Crippen LogP contribution is -2.24. The number of benzene rings is 1. The lowest BCUT2D eigenvalue weighted by Gasteiger charge is -2.04. The molecule has 0 saturated carbocycles. The first kappa shape index (κ1) is 14.7. The highest BCUT2D eigenvalue weighted by molar-refractivity contribution is 5.14. The number of nitrogens with one attached hydrogen (secondary N) is 1. The van der Waals surface area contributed by atoms with Crippen LogP contribution in [-0.4, -0.2) is 29.8 Å². The average Bonchev–Trinajstić information content (AvgIpc) is 2.92. The Morgan fingerprint density at radius 1 is 1.30 bits per heavy atom. The van der Waals surface area contributed by atoms with Crippen molar-refractivity contribution in [3.05, 3.63) is 47.6 Å². The molecule has 5 heteroatoms. The number of likely N-dealkylation sites (N-methyl/N-ethyl adjacent to an activating group) is 1. The predicted octanol–water partition coefficient (Wildman–Crippen LogP) is 1.98. The SMILES string of the molecule is CNC(C)Cc1noc(COCCc2ccccc2)n1. The second kappa shape index (κ2) is 7.77. The fourth-order valence-corrected chi connectivity index (χ4v) is 1.80. The smallest absolute Gasteiger partial charge is 0.252 e. The van der Waals surface area contributed by atoms with Crippen molar-refractivity contribution in [1.82, 2.24) is 15.5 Å². The van der Waals surface area contributed by atoms with Crippen LogP contribution < -0.4 is 5.32 Å². The average molecular weight is 275 g/mol. The maximum absolute atomic E-state index is 5.56. The van der Waals surface area contributed by atoms with Gasteiger partial charge < -0.3 is 14.6 Å². The molecule has 0 fully saturated rings. The largest absolute Gasteiger partial charge is 0.371 e. The fourth-order valence-electron chi connectivity index (χ4n) is 1.80. The summed E-state index contributed by atoms with van der Waals surface area (Å²) in [6.45, 7) is 3.09. The number of nitrogens with zero attached hydrogens (tertiary/aromatic N) is 2. The molecule has 2 aromatic rings. The van der Waals surface area contributed by atoms with Gasteiger partial charge in [-0.25, -0.2) is 0 Å². The topological polar surface area (TPSA) is 60.2 Å². The summed E-state index contributed by atoms with van der Waals surface area (Å²) in [6.07, 6.45) is 1.64. The molecule has 0 bridgehead atoms. The van der Waals surface area contributed by atoms with Crippen molar-refractivity contribution in [3.63, 3.8) is 0 Å². The van der Waals surface area contributed by atoms with Crippen LogP contribution in [0.25, 0.3) is 0 Å². The molecule has 108 valence electrons. The number of hydrogen-bond donors (Lipinski definition) is 1. The summed E-state index contributed by atoms with van der Waals surface area (Å²) in [5.41, 5.74) is 1.27. The molecule has 0 spiro atoms. The Labute approximate surface area is 119 Å². The summed E-state index contributed by atoms with van der Waals surface area (Å²) < 4.78 is 10.7. The van der Waals surface area contributed by atoms with Gasteiger partial charge >= 0.3 is 0 Å². The third-order valence-corrected chi connectivity index (χ3v) is 3.10. The highest BCUT2D eigenvalue weighted by atomic mass is 16.5. The molecule has 0 aliphatic carbocycles. The van der Waals surface area contributed by atoms with Crippen molar-refractivity contribution >= 4 is 0 Å². The van der Waals surface area contributed by atoms with Crippen molar-refractivity contribution in [2.75, 3.05) is 13.7 Å². The molecule has 0 aliphatic rings. The van der Waals surface area contributed by atoms with Crippen LogP contribution in [0.15, 0.2) is 34.9 Å². The van der Waals surface area contributed by atoms with Crippen LogP contribution in [0.5, 0.6) is 0 Å². The summed E-state index contributed by atoms with van der Waals surface area (Å²) >= 11 is 0. The summed E-state index contributed by atoms with van der Waals surface area (Å²) in [6, 6.07) is 10.6. The van der Waals surface area contributed by atoms with E-state index in [1.807, 2.05) is 25.2 Å². The third-order valence-electron chi connectivity index (χ3n) is 3.10. The standard InChI is InChI=1S/C15H21N3O2/c1-12(16-2)10-14-17-15(20-18-14)11-19-9-8-13-6-4-3-5-7-13/h3-7,12,16H,8-11H2,1-2H3. The van der Waals surface area contributed by atoms with Gasteiger partial charge in [0.25, 0.3) is 5.89 Å². The van der Waals surface area contributed by atoms with Gasteiger partial charge in [0, 0.05) is 12.5 Å². The van der Waals surface area contributed by atoms with Crippen LogP contribution in [0.1, 0.15) is 24.2 Å². The lowest BCUT2D eigenvalue weighted by atomic mass is 10.2. The zero-order chi connectivity index (χ0) is 14.2. The normalized spacial score (nSPS) is 12.5. The maximum Gasteiger partial charge on any atom is 0.252 e. The van der Waals surface area contributed by atoms with E-state index in [-0.39, 0.29) is 0 Å². The Kier molecular flexibility index (Phi) is 5.70. The van der Waals surface area contributed by atoms with Crippen LogP contribution in [0.2, 0.25) is 0 Å². The van der Waals surface area contributed by atoms with Gasteiger partial charge in [0.2, 0.25) is 0 Å². The molecule has 1 heterocycles. The summed E-state index contributed by atoms with van der Waals surface area (Å²) in [7, 11) is 1.92. The number of rotatable bonds is 8. The van der Waals surface area contributed by atoms with Crippen molar-refractivity contribution < 1.29 is 9.26 Å². The minimum atomic E-state index is 0.333. The third kappa shape index (κ3) is 4.75. The second-order valence-electron chi connectivity index (χ2n) is 4.79. The van der Waals surface area contributed by atoms with E-state index in [0.717, 1.165) is 12.8 Å². The molecule has 0 amide bonds. The predicted molar refractivity (Wildman–Crippen MR) is 76.3 cm³/mol. The van der Waals surface area contributed by atoms with E-state index in [1.165, 1.54) is 5.56 Å². The number of aromatic nitrogens is 2. The van der Waals surface area contributed by atoms with Gasteiger partial charge in [0.15, 0.2) is 5.82 Å². The fraction of sp³-hybridized carbons (Fsp3) is 0.467. The second-order valence-corrected chi connectivity index (χ2v) is 4.79. The van der Waals surface area contributed by atoms with Gasteiger partial charge in [0.05, 0.1) is 6.61 Å². The molecule has 0 saturated heterocycles.